The van der Waals surface area contributed by atoms with E-state index in [2.05, 4.69) is 69.3 Å². The van der Waals surface area contributed by atoms with E-state index in [0.29, 0.717) is 31.7 Å². The molecule has 6 aromatic carbocycles. The summed E-state index contributed by atoms with van der Waals surface area (Å²) in [5.41, 5.74) is 16.6. The van der Waals surface area contributed by atoms with Crippen molar-refractivity contribution in [3.05, 3.63) is 197 Å². The number of aromatic nitrogens is 4. The van der Waals surface area contributed by atoms with Gasteiger partial charge < -0.3 is 15.4 Å². The number of ketones is 1. The normalized spacial score (nSPS) is 13.8. The third kappa shape index (κ3) is 12.9. The van der Waals surface area contributed by atoms with Crippen LogP contribution in [0.3, 0.4) is 0 Å². The molecule has 3 amide bonds. The molecule has 0 atom stereocenters. The van der Waals surface area contributed by atoms with Gasteiger partial charge in [0.2, 0.25) is 5.91 Å². The molecule has 14 heteroatoms. The number of urea groups is 1. The lowest BCUT2D eigenvalue weighted by atomic mass is 9.90. The molecule has 1 aliphatic carbocycles. The number of hydrogen-bond acceptors (Lipinski definition) is 7. The van der Waals surface area contributed by atoms with Gasteiger partial charge in [0.15, 0.2) is 5.78 Å². The molecule has 3 aliphatic heterocycles. The number of aryl methyl sites for hydroxylation is 8. The SMILES string of the molecule is Cc1ccc2c(=O)[nH][nH]c2c1.Cc1ccc2c(=O)[nH]n(C)c2c1.Cc1ccc2c(c1)C(=O)CCC2.Cc1ccc2c(c1)CNC(=O)C2.Cc1ccc2c(c1)N(C)C(=O)NC2.Cc1ccc2c(c1)OC(=O)C2. The predicted molar refractivity (Wildman–Crippen MR) is 279 cm³/mol. The van der Waals surface area contributed by atoms with Gasteiger partial charge in [0.1, 0.15) is 5.75 Å². The Hall–Kier alpha value is -8.26. The highest BCUT2D eigenvalue weighted by molar-refractivity contribution is 5.98. The molecule has 0 saturated carbocycles. The molecule has 4 aliphatic rings. The van der Waals surface area contributed by atoms with Crippen LogP contribution in [0.5, 0.6) is 5.75 Å². The lowest BCUT2D eigenvalue weighted by Gasteiger charge is -2.26. The van der Waals surface area contributed by atoms with Crippen molar-refractivity contribution in [1.29, 1.82) is 0 Å². The van der Waals surface area contributed by atoms with Gasteiger partial charge in [-0.15, -0.1) is 0 Å². The van der Waals surface area contributed by atoms with Crippen molar-refractivity contribution in [2.45, 2.75) is 86.7 Å². The number of nitrogens with one attached hydrogen (secondary N) is 5. The first kappa shape index (κ1) is 50.6. The molecule has 12 rings (SSSR count). The molecule has 71 heavy (non-hydrogen) atoms. The summed E-state index contributed by atoms with van der Waals surface area (Å²) in [5.74, 6) is 1.03. The van der Waals surface area contributed by atoms with Crippen LogP contribution in [0.4, 0.5) is 10.5 Å². The minimum atomic E-state index is -0.148. The van der Waals surface area contributed by atoms with Crippen LogP contribution in [-0.4, -0.2) is 50.7 Å². The van der Waals surface area contributed by atoms with Gasteiger partial charge in [-0.25, -0.2) is 4.79 Å². The number of carbonyl (C=O) groups is 4. The van der Waals surface area contributed by atoms with Gasteiger partial charge in [0, 0.05) is 44.7 Å². The Morgan fingerprint density at radius 1 is 0.507 bits per heavy atom. The number of hydrogen-bond donors (Lipinski definition) is 5. The number of Topliss-reactive ketones (excluding diaryl/α,β-unsaturated/α-hetero) is 1. The second-order valence-electron chi connectivity index (χ2n) is 18.4. The van der Waals surface area contributed by atoms with E-state index in [1.807, 2.05) is 114 Å². The molecule has 5 heterocycles. The summed E-state index contributed by atoms with van der Waals surface area (Å²) in [5, 5.41) is 15.1. The molecule has 14 nitrogen and oxygen atoms in total. The molecule has 5 N–H and O–H groups in total. The fourth-order valence-corrected chi connectivity index (χ4v) is 8.55. The number of aromatic amines is 3. The van der Waals surface area contributed by atoms with E-state index in [9.17, 15) is 28.8 Å². The van der Waals surface area contributed by atoms with E-state index in [4.69, 9.17) is 4.74 Å². The summed E-state index contributed by atoms with van der Waals surface area (Å²) in [6.45, 7) is 13.4. The van der Waals surface area contributed by atoms with Crippen LogP contribution in [0, 0.1) is 41.5 Å². The summed E-state index contributed by atoms with van der Waals surface area (Å²) in [4.78, 5) is 68.4. The molecule has 0 radical (unpaired) electrons. The predicted octanol–water partition coefficient (Wildman–Crippen LogP) is 9.13. The molecule has 0 spiro atoms. The van der Waals surface area contributed by atoms with E-state index < -0.39 is 0 Å². The number of anilines is 1. The van der Waals surface area contributed by atoms with E-state index in [0.717, 1.165) is 80.3 Å². The summed E-state index contributed by atoms with van der Waals surface area (Å²) < 4.78 is 6.69. The van der Waals surface area contributed by atoms with E-state index >= 15 is 0 Å². The zero-order valence-electron chi connectivity index (χ0n) is 41.6. The maximum absolute atomic E-state index is 11.4. The summed E-state index contributed by atoms with van der Waals surface area (Å²) in [6.07, 6.45) is 3.79. The van der Waals surface area contributed by atoms with Gasteiger partial charge in [-0.05, 0) is 141 Å². The van der Waals surface area contributed by atoms with Crippen LogP contribution in [0.2, 0.25) is 0 Å². The van der Waals surface area contributed by atoms with Crippen molar-refractivity contribution in [3.8, 4) is 5.75 Å². The minimum absolute atomic E-state index is 0.0208. The molecule has 8 aromatic rings. The van der Waals surface area contributed by atoms with Gasteiger partial charge in [-0.1, -0.05) is 77.9 Å². The second kappa shape index (κ2) is 22.4. The van der Waals surface area contributed by atoms with Crippen molar-refractivity contribution < 1.29 is 23.9 Å². The average molecular weight is 956 g/mol. The van der Waals surface area contributed by atoms with Gasteiger partial charge in [0.25, 0.3) is 11.1 Å². The number of rotatable bonds is 0. The highest BCUT2D eigenvalue weighted by Gasteiger charge is 2.21. The number of fused-ring (bicyclic) bond motifs is 6. The van der Waals surface area contributed by atoms with Gasteiger partial charge >= 0.3 is 12.0 Å². The zero-order chi connectivity index (χ0) is 50.9. The van der Waals surface area contributed by atoms with Crippen LogP contribution in [0.1, 0.15) is 84.4 Å². The topological polar surface area (TPSA) is 191 Å². The van der Waals surface area contributed by atoms with Gasteiger partial charge in [0.05, 0.1) is 40.3 Å². The lowest BCUT2D eigenvalue weighted by molar-refractivity contribution is -0.131. The fraction of sp³-hybridized carbons (Fsp3) is 0.263. The Kier molecular flexibility index (Phi) is 16.0. The van der Waals surface area contributed by atoms with E-state index in [1.54, 1.807) is 16.6 Å². The molecule has 0 fully saturated rings. The molecule has 0 unspecified atom stereocenters. The molecule has 366 valence electrons. The standard InChI is InChI=1S/C11H12O.C10H12N2O.C10H11NO.C9H10N2O.C9H8O2.C8H8N2O/c1-8-5-6-9-3-2-4-11(12)10(9)7-8;1-7-3-4-8-6-11-10(13)12(2)9(8)5-7;1-7-2-3-8-5-10(12)11-6-9(8)4-7;1-6-3-4-7-8(5-6)11(2)10-9(7)12;1-6-2-3-7-5-9(10)11-8(7)4-6;1-5-2-3-6-7(4-5)9-10-8(6)11/h5-7H,2-4H2,1H3;3-5H,6H2,1-2H3,(H,11,13);2-4H,5-6H2,1H3,(H,11,12);3-5H,1-2H3,(H,10,12);2-4H,5H2,1H3;2-4H,1H3,(H2,9,10,11). The highest BCUT2D eigenvalue weighted by atomic mass is 16.5. The lowest BCUT2D eigenvalue weighted by Crippen LogP contribution is -2.41. The average Bonchev–Trinajstić information content (AvgIpc) is 4.00. The molecule has 0 bridgehead atoms. The van der Waals surface area contributed by atoms with Crippen LogP contribution >= 0.6 is 0 Å². The van der Waals surface area contributed by atoms with Crippen molar-refractivity contribution in [2.75, 3.05) is 11.9 Å². The molecular formula is C57H61N7O7. The molecule has 0 saturated heterocycles. The fourth-order valence-electron chi connectivity index (χ4n) is 8.55. The maximum Gasteiger partial charge on any atom is 0.321 e. The third-order valence-electron chi connectivity index (χ3n) is 12.5. The largest absolute Gasteiger partial charge is 0.426 e. The Bertz CT molecular complexity index is 3410. The van der Waals surface area contributed by atoms with E-state index in [-0.39, 0.29) is 29.0 Å². The summed E-state index contributed by atoms with van der Waals surface area (Å²) >= 11 is 0. The Balaban J connectivity index is 0.000000125. The second-order valence-corrected chi connectivity index (χ2v) is 18.4. The van der Waals surface area contributed by atoms with Crippen LogP contribution in [-0.2, 0) is 49.0 Å². The summed E-state index contributed by atoms with van der Waals surface area (Å²) in [7, 11) is 3.62. The summed E-state index contributed by atoms with van der Waals surface area (Å²) in [6, 6.07) is 35.8. The highest BCUT2D eigenvalue weighted by Crippen LogP contribution is 2.27. The molecular weight excluding hydrogens is 895 g/mol. The smallest absolute Gasteiger partial charge is 0.321 e. The number of H-pyrrole nitrogens is 3. The third-order valence-corrected chi connectivity index (χ3v) is 12.5. The minimum Gasteiger partial charge on any atom is -0.426 e. The Labute approximate surface area is 412 Å². The number of ether oxygens (including phenoxy) is 1. The Morgan fingerprint density at radius 2 is 1.10 bits per heavy atom. The number of nitrogens with zero attached hydrogens (tertiary/aromatic N) is 2. The monoisotopic (exact) mass is 955 g/mol. The van der Waals surface area contributed by atoms with Crippen molar-refractivity contribution in [2.24, 2.45) is 7.05 Å². The van der Waals surface area contributed by atoms with Crippen LogP contribution in [0.25, 0.3) is 21.8 Å². The van der Waals surface area contributed by atoms with Crippen molar-refractivity contribution >= 4 is 51.2 Å². The van der Waals surface area contributed by atoms with Crippen LogP contribution in [0.15, 0.2) is 119 Å². The van der Waals surface area contributed by atoms with Crippen molar-refractivity contribution in [3.63, 3.8) is 0 Å². The van der Waals surface area contributed by atoms with E-state index in [1.165, 1.54) is 38.9 Å². The van der Waals surface area contributed by atoms with Crippen LogP contribution < -0.4 is 31.4 Å². The number of carbonyl (C=O) groups excluding carboxylic acids is 4. The maximum atomic E-state index is 11.4. The zero-order valence-corrected chi connectivity index (χ0v) is 41.6. The first-order valence-electron chi connectivity index (χ1n) is 23.6. The van der Waals surface area contributed by atoms with Gasteiger partial charge in [-0.2, -0.15) is 0 Å². The molecule has 2 aromatic heterocycles. The first-order valence-corrected chi connectivity index (χ1v) is 23.6. The van der Waals surface area contributed by atoms with Gasteiger partial charge in [-0.3, -0.25) is 48.9 Å². The first-order chi connectivity index (χ1) is 33.9. The van der Waals surface area contributed by atoms with Crippen molar-refractivity contribution in [1.82, 2.24) is 30.6 Å². The quantitative estimate of drug-likeness (QED) is 0.0740. The number of benzene rings is 6. The number of amides is 3. The Morgan fingerprint density at radius 3 is 1.85 bits per heavy atom. The number of esters is 1.